The van der Waals surface area contributed by atoms with E-state index in [2.05, 4.69) is 25.1 Å². The molecule has 4 aromatic rings. The number of aromatic amines is 1. The highest BCUT2D eigenvalue weighted by molar-refractivity contribution is 6.33. The maximum atomic E-state index is 17.0. The molecule has 13 nitrogen and oxygen atoms in total. The first-order chi connectivity index (χ1) is 22.9. The Bertz CT molecular complexity index is 1840. The summed E-state index contributed by atoms with van der Waals surface area (Å²) in [4.78, 5) is 31.3. The van der Waals surface area contributed by atoms with E-state index in [0.717, 1.165) is 26.0 Å². The molecule has 3 saturated heterocycles. The molecule has 9 rings (SSSR count). The van der Waals surface area contributed by atoms with Crippen LogP contribution in [-0.4, -0.2) is 113 Å². The minimum Gasteiger partial charge on any atom is -0.462 e. The Labute approximate surface area is 274 Å². The quantitative estimate of drug-likeness (QED) is 0.312. The lowest BCUT2D eigenvalue weighted by Crippen LogP contribution is -2.47. The smallest absolute Gasteiger partial charge is 0.462 e. The van der Waals surface area contributed by atoms with Crippen LogP contribution < -0.4 is 9.64 Å². The molecular weight excluding hydrogens is 633 g/mol. The molecule has 0 amide bonds. The first-order valence-corrected chi connectivity index (χ1v) is 16.4. The Morgan fingerprint density at radius 3 is 2.96 bits per heavy atom. The molecule has 0 aliphatic carbocycles. The first-order valence-electron chi connectivity index (χ1n) is 16.0. The Morgan fingerprint density at radius 1 is 1.15 bits per heavy atom. The van der Waals surface area contributed by atoms with E-state index in [4.69, 9.17) is 40.3 Å². The number of anilines is 1. The van der Waals surface area contributed by atoms with Gasteiger partial charge in [0.25, 0.3) is 0 Å². The third kappa shape index (κ3) is 5.70. The van der Waals surface area contributed by atoms with E-state index in [0.29, 0.717) is 83.5 Å². The number of nitrogens with one attached hydrogen (secondary N) is 1. The van der Waals surface area contributed by atoms with Crippen LogP contribution in [0.5, 0.6) is 6.01 Å². The highest BCUT2D eigenvalue weighted by atomic mass is 35.5. The molecule has 8 heterocycles. The van der Waals surface area contributed by atoms with Crippen LogP contribution in [-0.2, 0) is 25.4 Å². The fourth-order valence-electron chi connectivity index (χ4n) is 7.28. The van der Waals surface area contributed by atoms with Crippen LogP contribution in [0.15, 0.2) is 18.5 Å². The van der Waals surface area contributed by atoms with Crippen molar-refractivity contribution in [1.82, 2.24) is 30.0 Å². The van der Waals surface area contributed by atoms with Gasteiger partial charge in [0.15, 0.2) is 11.4 Å². The van der Waals surface area contributed by atoms with Gasteiger partial charge in [0, 0.05) is 47.3 Å². The number of halogens is 2. The zero-order valence-electron chi connectivity index (χ0n) is 26.0. The molecule has 1 aromatic carbocycles. The second-order valence-corrected chi connectivity index (χ2v) is 13.2. The lowest BCUT2D eigenvalue weighted by molar-refractivity contribution is -0.0575. The summed E-state index contributed by atoms with van der Waals surface area (Å²) < 4.78 is 46.1. The number of nitrogens with zero attached hydrogens (tertiary/aromatic N) is 6. The Hall–Kier alpha value is -3.85. The van der Waals surface area contributed by atoms with Crippen molar-refractivity contribution in [2.75, 3.05) is 64.2 Å². The number of rotatable bonds is 3. The fourth-order valence-corrected chi connectivity index (χ4v) is 7.58. The van der Waals surface area contributed by atoms with Crippen LogP contribution in [0.3, 0.4) is 0 Å². The van der Waals surface area contributed by atoms with Gasteiger partial charge in [0.2, 0.25) is 0 Å². The molecule has 47 heavy (non-hydrogen) atoms. The number of H-pyrrole nitrogens is 1. The van der Waals surface area contributed by atoms with E-state index < -0.39 is 17.6 Å². The van der Waals surface area contributed by atoms with Gasteiger partial charge in [-0.05, 0) is 44.2 Å². The average molecular weight is 668 g/mol. The molecule has 5 aliphatic heterocycles. The minimum absolute atomic E-state index is 0.0494. The summed E-state index contributed by atoms with van der Waals surface area (Å²) in [7, 11) is 0. The van der Waals surface area contributed by atoms with Gasteiger partial charge < -0.3 is 28.6 Å². The third-order valence-electron chi connectivity index (χ3n) is 9.52. The van der Waals surface area contributed by atoms with Crippen LogP contribution in [0.1, 0.15) is 31.7 Å². The van der Waals surface area contributed by atoms with Crippen molar-refractivity contribution < 1.29 is 32.9 Å². The average Bonchev–Trinajstić information content (AvgIpc) is 3.65. The van der Waals surface area contributed by atoms with Gasteiger partial charge in [-0.25, -0.2) is 9.18 Å². The molecule has 3 aromatic heterocycles. The van der Waals surface area contributed by atoms with Crippen LogP contribution in [0.4, 0.5) is 15.0 Å². The van der Waals surface area contributed by atoms with E-state index in [1.165, 1.54) is 0 Å². The van der Waals surface area contributed by atoms with Gasteiger partial charge in [0.1, 0.15) is 23.6 Å². The summed E-state index contributed by atoms with van der Waals surface area (Å²) in [6.07, 6.45) is 5.19. The normalized spacial score (nSPS) is 25.4. The van der Waals surface area contributed by atoms with Crippen molar-refractivity contribution in [3.05, 3.63) is 34.9 Å². The van der Waals surface area contributed by atoms with Gasteiger partial charge in [-0.15, -0.1) is 0 Å². The Balaban J connectivity index is 1.28. The van der Waals surface area contributed by atoms with E-state index in [9.17, 15) is 4.79 Å². The molecule has 3 atom stereocenters. The molecule has 248 valence electrons. The molecule has 5 aliphatic rings. The number of fused-ring (bicyclic) bond motifs is 8. The summed E-state index contributed by atoms with van der Waals surface area (Å²) in [5.74, 6) is -0.223. The van der Waals surface area contributed by atoms with Gasteiger partial charge >= 0.3 is 12.2 Å². The van der Waals surface area contributed by atoms with Crippen molar-refractivity contribution in [2.45, 2.75) is 50.3 Å². The summed E-state index contributed by atoms with van der Waals surface area (Å²) in [5.41, 5.74) is 0.858. The van der Waals surface area contributed by atoms with Gasteiger partial charge in [-0.1, -0.05) is 11.6 Å². The highest BCUT2D eigenvalue weighted by Crippen LogP contribution is 2.40. The van der Waals surface area contributed by atoms with Crippen molar-refractivity contribution >= 4 is 45.4 Å². The van der Waals surface area contributed by atoms with Gasteiger partial charge in [-0.2, -0.15) is 15.1 Å². The lowest BCUT2D eigenvalue weighted by Gasteiger charge is -2.33. The Morgan fingerprint density at radius 2 is 2.04 bits per heavy atom. The molecule has 3 fully saturated rings. The van der Waals surface area contributed by atoms with Crippen molar-refractivity contribution in [3.8, 4) is 17.3 Å². The van der Waals surface area contributed by atoms with Crippen molar-refractivity contribution in [1.29, 1.82) is 0 Å². The van der Waals surface area contributed by atoms with Crippen LogP contribution >= 0.6 is 11.6 Å². The fraction of sp³-hybridized carbons (Fsp3) is 0.531. The molecule has 0 radical (unpaired) electrons. The number of ether oxygens (including phenoxy) is 5. The maximum Gasteiger partial charge on any atom is 0.508 e. The topological polar surface area (TPSA) is 137 Å². The standard InChI is InChI=1S/C32H35ClFN7O6/c1-32-16-40(6-9-44-17-32)29-22-12-35-28(25-20(3-2-8-45-31(42)47-32)23(33)11-24-21(25)13-36-39-24)26(34)27(22)37-30(38-29)46-15-19-5-4-18-14-43-10-7-41(18)19/h11-13,18-19H,2-10,14-17H2,1H3,(H,36,39)/t18-,19-,32+/m1/s1. The first kappa shape index (κ1) is 30.5. The molecular formula is C32H35ClFN7O6. The number of hydrogen-bond acceptors (Lipinski definition) is 12. The Kier molecular flexibility index (Phi) is 7.98. The number of benzene rings is 1. The zero-order chi connectivity index (χ0) is 32.1. The lowest BCUT2D eigenvalue weighted by atomic mass is 9.95. The maximum absolute atomic E-state index is 17.0. The summed E-state index contributed by atoms with van der Waals surface area (Å²) >= 11 is 6.78. The van der Waals surface area contributed by atoms with E-state index >= 15 is 4.39 Å². The second-order valence-electron chi connectivity index (χ2n) is 12.8. The molecule has 0 spiro atoms. The monoisotopic (exact) mass is 667 g/mol. The summed E-state index contributed by atoms with van der Waals surface area (Å²) in [6.45, 7) is 5.53. The number of hydrogen-bond donors (Lipinski definition) is 1. The third-order valence-corrected chi connectivity index (χ3v) is 9.86. The largest absolute Gasteiger partial charge is 0.508 e. The predicted molar refractivity (Wildman–Crippen MR) is 169 cm³/mol. The second kappa shape index (κ2) is 12.3. The molecule has 0 unspecified atom stereocenters. The predicted octanol–water partition coefficient (Wildman–Crippen LogP) is 4.30. The molecule has 1 N–H and O–H groups in total. The summed E-state index contributed by atoms with van der Waals surface area (Å²) in [6, 6.07) is 2.35. The van der Waals surface area contributed by atoms with Crippen LogP contribution in [0.2, 0.25) is 5.02 Å². The summed E-state index contributed by atoms with van der Waals surface area (Å²) in [5, 5.41) is 8.57. The number of carbonyl (C=O) groups excluding carboxylic acids is 1. The van der Waals surface area contributed by atoms with Crippen molar-refractivity contribution in [2.24, 2.45) is 0 Å². The minimum atomic E-state index is -1.08. The van der Waals surface area contributed by atoms with Gasteiger partial charge in [0.05, 0.1) is 56.7 Å². The van der Waals surface area contributed by atoms with E-state index in [1.54, 1.807) is 25.4 Å². The molecule has 0 saturated carbocycles. The highest BCUT2D eigenvalue weighted by Gasteiger charge is 2.38. The number of pyridine rings is 1. The molecule has 15 heteroatoms. The number of aromatic nitrogens is 5. The van der Waals surface area contributed by atoms with Crippen molar-refractivity contribution in [3.63, 3.8) is 0 Å². The number of carbonyl (C=O) groups is 1. The van der Waals surface area contributed by atoms with Crippen LogP contribution in [0.25, 0.3) is 33.1 Å². The van der Waals surface area contributed by atoms with E-state index in [-0.39, 0.29) is 43.0 Å². The SMILES string of the molecule is C[C@@]12COCCN(C1)c1nc(OC[C@H]3CC[C@@H]4COCCN43)nc3c(F)c(ncc13)-c1c(c(Cl)cc3[nH]ncc13)CCCOC(=O)O2. The zero-order valence-corrected chi connectivity index (χ0v) is 26.7. The van der Waals surface area contributed by atoms with Crippen LogP contribution in [0, 0.1) is 5.82 Å². The number of morpholine rings is 1. The van der Waals surface area contributed by atoms with Gasteiger partial charge in [-0.3, -0.25) is 15.0 Å². The van der Waals surface area contributed by atoms with E-state index in [1.807, 2.05) is 4.90 Å². The molecule has 6 bridgehead atoms.